The maximum atomic E-state index is 12.0. The molecule has 8 heteroatoms. The average Bonchev–Trinajstić information content (AvgIpc) is 2.82. The molecule has 0 aromatic carbocycles. The highest BCUT2D eigenvalue weighted by molar-refractivity contribution is 7.88. The highest BCUT2D eigenvalue weighted by Crippen LogP contribution is 2.07. The van der Waals surface area contributed by atoms with E-state index >= 15 is 0 Å². The lowest BCUT2D eigenvalue weighted by atomic mass is 10.2. The average molecular weight is 303 g/mol. The number of hydrogen-bond acceptors (Lipinski definition) is 6. The number of aryl methyl sites for hydroxylation is 1. The van der Waals surface area contributed by atoms with Crippen molar-refractivity contribution in [1.82, 2.24) is 14.8 Å². The molecule has 20 heavy (non-hydrogen) atoms. The molecule has 1 aliphatic rings. The van der Waals surface area contributed by atoms with Crippen molar-refractivity contribution in [2.24, 2.45) is 0 Å². The minimum atomic E-state index is -3.39. The molecule has 1 aliphatic heterocycles. The molecule has 2 rings (SSSR count). The maximum absolute atomic E-state index is 12.0. The van der Waals surface area contributed by atoms with Crippen LogP contribution in [0.15, 0.2) is 10.6 Å². The van der Waals surface area contributed by atoms with E-state index in [1.54, 1.807) is 13.0 Å². The van der Waals surface area contributed by atoms with Crippen LogP contribution in [-0.4, -0.2) is 57.4 Å². The van der Waals surface area contributed by atoms with Crippen LogP contribution in [0, 0.1) is 6.92 Å². The van der Waals surface area contributed by atoms with E-state index in [0.29, 0.717) is 31.2 Å². The van der Waals surface area contributed by atoms with Gasteiger partial charge in [0.15, 0.2) is 0 Å². The summed E-state index contributed by atoms with van der Waals surface area (Å²) in [5.41, 5.74) is 0.425. The summed E-state index contributed by atoms with van der Waals surface area (Å²) in [7, 11) is -3.39. The van der Waals surface area contributed by atoms with Crippen molar-refractivity contribution in [1.29, 1.82) is 0 Å². The first-order valence-electron chi connectivity index (χ1n) is 6.67. The van der Waals surface area contributed by atoms with E-state index in [4.69, 9.17) is 9.26 Å². The Hall–Kier alpha value is -0.960. The second-order valence-electron chi connectivity index (χ2n) is 5.03. The molecule has 2 heterocycles. The van der Waals surface area contributed by atoms with Crippen LogP contribution in [0.3, 0.4) is 0 Å². The molecule has 0 saturated carbocycles. The molecule has 1 N–H and O–H groups in total. The summed E-state index contributed by atoms with van der Waals surface area (Å²) in [5.74, 6) is 0.456. The zero-order valence-corrected chi connectivity index (χ0v) is 12.6. The SMILES string of the molecule is Cc1cc(CS(=O)(=O)NC[C@@H](C)N2CCOCC2)no1. The van der Waals surface area contributed by atoms with Gasteiger partial charge in [-0.15, -0.1) is 0 Å². The Balaban J connectivity index is 1.82. The lowest BCUT2D eigenvalue weighted by Gasteiger charge is -2.32. The quantitative estimate of drug-likeness (QED) is 0.804. The monoisotopic (exact) mass is 303 g/mol. The third kappa shape index (κ3) is 4.55. The van der Waals surface area contributed by atoms with Gasteiger partial charge >= 0.3 is 0 Å². The van der Waals surface area contributed by atoms with Gasteiger partial charge < -0.3 is 9.26 Å². The number of hydrogen-bond donors (Lipinski definition) is 1. The Labute approximate surface area is 119 Å². The van der Waals surface area contributed by atoms with Crippen molar-refractivity contribution in [3.8, 4) is 0 Å². The minimum Gasteiger partial charge on any atom is -0.379 e. The van der Waals surface area contributed by atoms with Gasteiger partial charge in [-0.1, -0.05) is 5.16 Å². The highest BCUT2D eigenvalue weighted by Gasteiger charge is 2.20. The van der Waals surface area contributed by atoms with Crippen molar-refractivity contribution in [2.75, 3.05) is 32.8 Å². The van der Waals surface area contributed by atoms with E-state index in [0.717, 1.165) is 13.1 Å². The van der Waals surface area contributed by atoms with Gasteiger partial charge in [0, 0.05) is 31.7 Å². The molecular weight excluding hydrogens is 282 g/mol. The van der Waals surface area contributed by atoms with Crippen LogP contribution in [0.5, 0.6) is 0 Å². The molecule has 1 atom stereocenters. The fourth-order valence-electron chi connectivity index (χ4n) is 2.13. The molecule has 0 radical (unpaired) electrons. The Morgan fingerprint density at radius 2 is 2.15 bits per heavy atom. The molecule has 0 amide bonds. The molecule has 1 aromatic heterocycles. The molecule has 0 spiro atoms. The van der Waals surface area contributed by atoms with E-state index in [1.165, 1.54) is 0 Å². The first-order chi connectivity index (χ1) is 9.46. The van der Waals surface area contributed by atoms with Crippen LogP contribution in [-0.2, 0) is 20.5 Å². The summed E-state index contributed by atoms with van der Waals surface area (Å²) in [6, 6.07) is 1.78. The number of morpholine rings is 1. The maximum Gasteiger partial charge on any atom is 0.217 e. The first kappa shape index (κ1) is 15.4. The Morgan fingerprint density at radius 1 is 1.45 bits per heavy atom. The molecule has 7 nitrogen and oxygen atoms in total. The number of rotatable bonds is 6. The fraction of sp³-hybridized carbons (Fsp3) is 0.750. The van der Waals surface area contributed by atoms with Gasteiger partial charge in [0.25, 0.3) is 0 Å². The number of ether oxygens (including phenoxy) is 1. The van der Waals surface area contributed by atoms with Crippen LogP contribution in [0.25, 0.3) is 0 Å². The van der Waals surface area contributed by atoms with E-state index in [2.05, 4.69) is 14.8 Å². The molecule has 1 fully saturated rings. The number of aromatic nitrogens is 1. The van der Waals surface area contributed by atoms with Gasteiger partial charge in [-0.2, -0.15) is 0 Å². The van der Waals surface area contributed by atoms with E-state index < -0.39 is 10.0 Å². The number of sulfonamides is 1. The molecule has 0 bridgehead atoms. The van der Waals surface area contributed by atoms with Crippen LogP contribution >= 0.6 is 0 Å². The van der Waals surface area contributed by atoms with Crippen molar-refractivity contribution in [3.63, 3.8) is 0 Å². The van der Waals surface area contributed by atoms with Gasteiger partial charge in [0.1, 0.15) is 17.2 Å². The van der Waals surface area contributed by atoms with Crippen LogP contribution in [0.4, 0.5) is 0 Å². The topological polar surface area (TPSA) is 84.7 Å². The summed E-state index contributed by atoms with van der Waals surface area (Å²) >= 11 is 0. The second kappa shape index (κ2) is 6.66. The van der Waals surface area contributed by atoms with Crippen LogP contribution in [0.1, 0.15) is 18.4 Å². The summed E-state index contributed by atoms with van der Waals surface area (Å²) in [6.07, 6.45) is 0. The molecule has 0 unspecified atom stereocenters. The zero-order valence-electron chi connectivity index (χ0n) is 11.8. The zero-order chi connectivity index (χ0) is 14.6. The smallest absolute Gasteiger partial charge is 0.217 e. The Kier molecular flexibility index (Phi) is 5.14. The molecule has 0 aliphatic carbocycles. The molecule has 1 aromatic rings. The van der Waals surface area contributed by atoms with Crippen molar-refractivity contribution >= 4 is 10.0 Å². The van der Waals surface area contributed by atoms with Gasteiger partial charge in [0.05, 0.1) is 13.2 Å². The predicted octanol–water partition coefficient (Wildman–Crippen LogP) is 0.123. The second-order valence-corrected chi connectivity index (χ2v) is 6.84. The van der Waals surface area contributed by atoms with Gasteiger partial charge in [-0.05, 0) is 13.8 Å². The Morgan fingerprint density at radius 3 is 2.75 bits per heavy atom. The van der Waals surface area contributed by atoms with Crippen LogP contribution in [0.2, 0.25) is 0 Å². The fourth-order valence-corrected chi connectivity index (χ4v) is 3.25. The van der Waals surface area contributed by atoms with Gasteiger partial charge in [-0.25, -0.2) is 13.1 Å². The first-order valence-corrected chi connectivity index (χ1v) is 8.33. The minimum absolute atomic E-state index is 0.146. The molecular formula is C12H21N3O4S. The predicted molar refractivity (Wildman–Crippen MR) is 73.7 cm³/mol. The van der Waals surface area contributed by atoms with Crippen molar-refractivity contribution in [2.45, 2.75) is 25.6 Å². The van der Waals surface area contributed by atoms with Crippen molar-refractivity contribution in [3.05, 3.63) is 17.5 Å². The van der Waals surface area contributed by atoms with E-state index in [1.807, 2.05) is 6.92 Å². The number of nitrogens with zero attached hydrogens (tertiary/aromatic N) is 2. The lowest BCUT2D eigenvalue weighted by molar-refractivity contribution is 0.0213. The third-order valence-corrected chi connectivity index (χ3v) is 4.56. The summed E-state index contributed by atoms with van der Waals surface area (Å²) in [6.45, 7) is 7.21. The van der Waals surface area contributed by atoms with Crippen LogP contribution < -0.4 is 4.72 Å². The normalized spacial score (nSPS) is 19.1. The standard InChI is InChI=1S/C12H21N3O4S/c1-10(15-3-5-18-6-4-15)8-13-20(16,17)9-12-7-11(2)19-14-12/h7,10,13H,3-6,8-9H2,1-2H3/t10-/m1/s1. The highest BCUT2D eigenvalue weighted by atomic mass is 32.2. The van der Waals surface area contributed by atoms with E-state index in [9.17, 15) is 8.42 Å². The summed E-state index contributed by atoms with van der Waals surface area (Å²) in [4.78, 5) is 2.21. The summed E-state index contributed by atoms with van der Waals surface area (Å²) in [5, 5.41) is 3.70. The molecule has 1 saturated heterocycles. The van der Waals surface area contributed by atoms with Crippen molar-refractivity contribution < 1.29 is 17.7 Å². The lowest BCUT2D eigenvalue weighted by Crippen LogP contribution is -2.47. The third-order valence-electron chi connectivity index (χ3n) is 3.28. The molecule has 114 valence electrons. The Bertz CT molecular complexity index is 523. The van der Waals surface area contributed by atoms with Gasteiger partial charge in [0.2, 0.25) is 10.0 Å². The largest absolute Gasteiger partial charge is 0.379 e. The summed E-state index contributed by atoms with van der Waals surface area (Å²) < 4.78 is 36.7. The number of nitrogens with one attached hydrogen (secondary N) is 1. The van der Waals surface area contributed by atoms with Gasteiger partial charge in [-0.3, -0.25) is 4.90 Å². The van der Waals surface area contributed by atoms with E-state index in [-0.39, 0.29) is 11.8 Å².